The van der Waals surface area contributed by atoms with Crippen LogP contribution in [0.1, 0.15) is 27.6 Å². The quantitative estimate of drug-likeness (QED) is 0.621. The van der Waals surface area contributed by atoms with Crippen LogP contribution in [0.2, 0.25) is 0 Å². The number of hydrogen-bond acceptors (Lipinski definition) is 5. The number of para-hydroxylation sites is 2. The largest absolute Gasteiger partial charge is 0.492 e. The Labute approximate surface area is 136 Å². The van der Waals surface area contributed by atoms with Crippen LogP contribution in [0.25, 0.3) is 0 Å². The average molecular weight is 330 g/mol. The fraction of sp³-hybridized carbons (Fsp3) is 0.125. The zero-order valence-corrected chi connectivity index (χ0v) is 12.7. The summed E-state index contributed by atoms with van der Waals surface area (Å²) >= 11 is 0. The molecule has 0 saturated heterocycles. The molecule has 1 amide bonds. The highest BCUT2D eigenvalue weighted by Gasteiger charge is 2.21. The van der Waals surface area contributed by atoms with E-state index in [1.807, 2.05) is 0 Å². The van der Waals surface area contributed by atoms with Crippen molar-refractivity contribution < 1.29 is 24.4 Å². The van der Waals surface area contributed by atoms with Gasteiger partial charge in [-0.25, -0.2) is 4.79 Å². The highest BCUT2D eigenvalue weighted by molar-refractivity contribution is 6.11. The van der Waals surface area contributed by atoms with Gasteiger partial charge in [0.15, 0.2) is 0 Å². The molecule has 0 aliphatic carbocycles. The Kier molecular flexibility index (Phi) is 5.10. The average Bonchev–Trinajstić information content (AvgIpc) is 2.56. The highest BCUT2D eigenvalue weighted by atomic mass is 16.6. The number of nitro groups is 1. The summed E-state index contributed by atoms with van der Waals surface area (Å²) in [5, 5.41) is 22.5. The number of carboxylic acids is 1. The molecule has 0 aromatic heterocycles. The van der Waals surface area contributed by atoms with Crippen molar-refractivity contribution in [2.24, 2.45) is 0 Å². The maximum absolute atomic E-state index is 12.4. The number of nitro benzene ring substituents is 1. The molecule has 0 radical (unpaired) electrons. The summed E-state index contributed by atoms with van der Waals surface area (Å²) < 4.78 is 5.38. The first kappa shape index (κ1) is 16.9. The molecular weight excluding hydrogens is 316 g/mol. The lowest BCUT2D eigenvalue weighted by Crippen LogP contribution is -2.17. The van der Waals surface area contributed by atoms with Crippen molar-refractivity contribution in [2.75, 3.05) is 11.9 Å². The van der Waals surface area contributed by atoms with Crippen molar-refractivity contribution in [1.82, 2.24) is 0 Å². The Hall–Kier alpha value is -3.42. The van der Waals surface area contributed by atoms with Crippen LogP contribution in [-0.4, -0.2) is 28.5 Å². The summed E-state index contributed by atoms with van der Waals surface area (Å²) in [6.07, 6.45) is 0. The summed E-state index contributed by atoms with van der Waals surface area (Å²) in [5.41, 5.74) is -0.660. The molecule has 0 saturated carbocycles. The third-order valence-corrected chi connectivity index (χ3v) is 3.12. The zero-order valence-electron chi connectivity index (χ0n) is 12.7. The Bertz CT molecular complexity index is 803. The van der Waals surface area contributed by atoms with Crippen molar-refractivity contribution in [3.63, 3.8) is 0 Å². The lowest BCUT2D eigenvalue weighted by Gasteiger charge is -2.12. The van der Waals surface area contributed by atoms with E-state index in [1.54, 1.807) is 31.2 Å². The zero-order chi connectivity index (χ0) is 17.7. The van der Waals surface area contributed by atoms with Crippen molar-refractivity contribution in [1.29, 1.82) is 0 Å². The molecule has 8 nitrogen and oxygen atoms in total. The van der Waals surface area contributed by atoms with E-state index in [0.29, 0.717) is 18.0 Å². The van der Waals surface area contributed by atoms with Crippen LogP contribution in [0.15, 0.2) is 42.5 Å². The molecule has 24 heavy (non-hydrogen) atoms. The lowest BCUT2D eigenvalue weighted by molar-refractivity contribution is -0.384. The first-order chi connectivity index (χ1) is 11.4. The van der Waals surface area contributed by atoms with E-state index in [2.05, 4.69) is 5.32 Å². The number of nitrogens with zero attached hydrogens (tertiary/aromatic N) is 1. The summed E-state index contributed by atoms with van der Waals surface area (Å²) in [5.74, 6) is -1.69. The van der Waals surface area contributed by atoms with Crippen molar-refractivity contribution in [2.45, 2.75) is 6.92 Å². The monoisotopic (exact) mass is 330 g/mol. The summed E-state index contributed by atoms with van der Waals surface area (Å²) in [6.45, 7) is 2.18. The predicted octanol–water partition coefficient (Wildman–Crippen LogP) is 2.94. The number of non-ortho nitro benzene ring substituents is 1. The topological polar surface area (TPSA) is 119 Å². The molecule has 0 spiro atoms. The number of anilines is 1. The third kappa shape index (κ3) is 3.67. The second-order valence-electron chi connectivity index (χ2n) is 4.68. The van der Waals surface area contributed by atoms with Crippen molar-refractivity contribution in [3.05, 3.63) is 63.7 Å². The van der Waals surface area contributed by atoms with Crippen LogP contribution in [0.4, 0.5) is 11.4 Å². The van der Waals surface area contributed by atoms with Gasteiger partial charge >= 0.3 is 5.97 Å². The molecule has 2 aromatic carbocycles. The van der Waals surface area contributed by atoms with Crippen LogP contribution in [-0.2, 0) is 0 Å². The summed E-state index contributed by atoms with van der Waals surface area (Å²) in [7, 11) is 0. The van der Waals surface area contributed by atoms with Gasteiger partial charge in [-0.1, -0.05) is 12.1 Å². The van der Waals surface area contributed by atoms with Gasteiger partial charge in [0.25, 0.3) is 11.6 Å². The molecule has 0 aliphatic heterocycles. The van der Waals surface area contributed by atoms with E-state index in [4.69, 9.17) is 4.74 Å². The molecule has 0 heterocycles. The van der Waals surface area contributed by atoms with Crippen LogP contribution in [0, 0.1) is 10.1 Å². The number of benzene rings is 2. The summed E-state index contributed by atoms with van der Waals surface area (Å²) in [4.78, 5) is 33.7. The van der Waals surface area contributed by atoms with Crippen molar-refractivity contribution in [3.8, 4) is 5.75 Å². The number of carbonyl (C=O) groups excluding carboxylic acids is 1. The van der Waals surface area contributed by atoms with Gasteiger partial charge in [-0.05, 0) is 25.1 Å². The van der Waals surface area contributed by atoms with E-state index in [9.17, 15) is 24.8 Å². The minimum Gasteiger partial charge on any atom is -0.492 e. The third-order valence-electron chi connectivity index (χ3n) is 3.12. The second-order valence-corrected chi connectivity index (χ2v) is 4.68. The van der Waals surface area contributed by atoms with Gasteiger partial charge < -0.3 is 15.2 Å². The molecule has 8 heteroatoms. The first-order valence-electron chi connectivity index (χ1n) is 6.99. The number of ether oxygens (including phenoxy) is 1. The van der Waals surface area contributed by atoms with E-state index < -0.39 is 28.1 Å². The number of rotatable bonds is 6. The standard InChI is InChI=1S/C16H14N2O6/c1-2-24-14-6-4-3-5-13(14)17-15(19)11-8-7-10(18(22)23)9-12(11)16(20)21/h3-9H,2H2,1H3,(H,17,19)(H,20,21). The van der Waals surface area contributed by atoms with E-state index in [-0.39, 0.29) is 5.56 Å². The van der Waals surface area contributed by atoms with E-state index >= 15 is 0 Å². The minimum atomic E-state index is -1.43. The Morgan fingerprint density at radius 2 is 1.92 bits per heavy atom. The highest BCUT2D eigenvalue weighted by Crippen LogP contribution is 2.25. The number of carboxylic acid groups (broad SMARTS) is 1. The van der Waals surface area contributed by atoms with Gasteiger partial charge in [0.2, 0.25) is 0 Å². The fourth-order valence-electron chi connectivity index (χ4n) is 2.06. The molecule has 124 valence electrons. The molecule has 2 N–H and O–H groups in total. The fourth-order valence-corrected chi connectivity index (χ4v) is 2.06. The Balaban J connectivity index is 2.37. The Morgan fingerprint density at radius 3 is 2.54 bits per heavy atom. The number of hydrogen-bond donors (Lipinski definition) is 2. The molecule has 0 fully saturated rings. The predicted molar refractivity (Wildman–Crippen MR) is 85.6 cm³/mol. The number of carbonyl (C=O) groups is 2. The van der Waals surface area contributed by atoms with E-state index in [1.165, 1.54) is 0 Å². The SMILES string of the molecule is CCOc1ccccc1NC(=O)c1ccc([N+](=O)[O-])cc1C(=O)O. The van der Waals surface area contributed by atoms with Gasteiger partial charge in [0.05, 0.1) is 28.3 Å². The van der Waals surface area contributed by atoms with Crippen LogP contribution in [0.3, 0.4) is 0 Å². The van der Waals surface area contributed by atoms with Crippen LogP contribution in [0.5, 0.6) is 5.75 Å². The van der Waals surface area contributed by atoms with E-state index in [0.717, 1.165) is 18.2 Å². The van der Waals surface area contributed by atoms with Gasteiger partial charge in [-0.2, -0.15) is 0 Å². The molecule has 2 rings (SSSR count). The number of aromatic carboxylic acids is 1. The lowest BCUT2D eigenvalue weighted by atomic mass is 10.1. The van der Waals surface area contributed by atoms with Gasteiger partial charge in [-0.3, -0.25) is 14.9 Å². The maximum atomic E-state index is 12.4. The molecule has 0 aliphatic rings. The molecule has 2 aromatic rings. The Morgan fingerprint density at radius 1 is 1.21 bits per heavy atom. The van der Waals surface area contributed by atoms with Gasteiger partial charge in [-0.15, -0.1) is 0 Å². The van der Waals surface area contributed by atoms with Gasteiger partial charge in [0.1, 0.15) is 5.75 Å². The maximum Gasteiger partial charge on any atom is 0.336 e. The number of amides is 1. The molecule has 0 unspecified atom stereocenters. The smallest absolute Gasteiger partial charge is 0.336 e. The summed E-state index contributed by atoms with van der Waals surface area (Å²) in [6, 6.07) is 9.73. The normalized spacial score (nSPS) is 10.0. The molecule has 0 bridgehead atoms. The second kappa shape index (κ2) is 7.23. The molecular formula is C16H14N2O6. The molecule has 0 atom stereocenters. The van der Waals surface area contributed by atoms with Crippen LogP contribution < -0.4 is 10.1 Å². The first-order valence-corrected chi connectivity index (χ1v) is 6.99. The number of nitrogens with one attached hydrogen (secondary N) is 1. The van der Waals surface area contributed by atoms with Crippen LogP contribution >= 0.6 is 0 Å². The van der Waals surface area contributed by atoms with Gasteiger partial charge in [0, 0.05) is 12.1 Å². The minimum absolute atomic E-state index is 0.181. The van der Waals surface area contributed by atoms with Crippen molar-refractivity contribution >= 4 is 23.3 Å².